The van der Waals surface area contributed by atoms with Crippen molar-refractivity contribution in [3.05, 3.63) is 65.5 Å². The summed E-state index contributed by atoms with van der Waals surface area (Å²) in [6.07, 6.45) is -1.25. The van der Waals surface area contributed by atoms with E-state index in [0.29, 0.717) is 11.3 Å². The van der Waals surface area contributed by atoms with Crippen molar-refractivity contribution in [1.29, 1.82) is 0 Å². The van der Waals surface area contributed by atoms with Gasteiger partial charge in [-0.3, -0.25) is 14.4 Å². The van der Waals surface area contributed by atoms with Crippen LogP contribution in [0.25, 0.3) is 0 Å². The number of ketones is 1. The molecule has 0 aliphatic heterocycles. The predicted octanol–water partition coefficient (Wildman–Crippen LogP) is 3.78. The van der Waals surface area contributed by atoms with E-state index in [4.69, 9.17) is 4.74 Å². The second-order valence-electron chi connectivity index (χ2n) is 6.49. The lowest BCUT2D eigenvalue weighted by Gasteiger charge is -2.13. The number of hydrogen-bond acceptors (Lipinski definition) is 4. The monoisotopic (exact) mass is 371 g/mol. The summed E-state index contributed by atoms with van der Waals surface area (Å²) in [6, 6.07) is 12.2. The molecule has 2 rings (SSSR count). The van der Waals surface area contributed by atoms with Crippen molar-refractivity contribution in [2.45, 2.75) is 33.3 Å². The lowest BCUT2D eigenvalue weighted by molar-refractivity contribution is -0.145. The summed E-state index contributed by atoms with van der Waals surface area (Å²) in [4.78, 5) is 36.0. The topological polar surface area (TPSA) is 72.5 Å². The molecule has 142 valence electrons. The molecule has 0 saturated heterocycles. The van der Waals surface area contributed by atoms with Gasteiger partial charge in [0.1, 0.15) is 5.82 Å². The van der Waals surface area contributed by atoms with Crippen LogP contribution in [-0.2, 0) is 20.7 Å². The van der Waals surface area contributed by atoms with Crippen LogP contribution in [0.5, 0.6) is 0 Å². The van der Waals surface area contributed by atoms with Crippen LogP contribution in [0.15, 0.2) is 48.5 Å². The van der Waals surface area contributed by atoms with Crippen LogP contribution in [0, 0.1) is 11.7 Å². The van der Waals surface area contributed by atoms with Crippen LogP contribution >= 0.6 is 0 Å². The van der Waals surface area contributed by atoms with Crippen molar-refractivity contribution in [3.63, 3.8) is 0 Å². The Morgan fingerprint density at radius 2 is 1.63 bits per heavy atom. The fraction of sp³-hybridized carbons (Fsp3) is 0.286. The number of nitrogens with one attached hydrogen (secondary N) is 1. The van der Waals surface area contributed by atoms with E-state index in [9.17, 15) is 18.8 Å². The Morgan fingerprint density at radius 1 is 1.00 bits per heavy atom. The fourth-order valence-electron chi connectivity index (χ4n) is 2.33. The van der Waals surface area contributed by atoms with Gasteiger partial charge in [0.2, 0.25) is 11.7 Å². The Kier molecular flexibility index (Phi) is 6.82. The number of Topliss-reactive ketones (excluding diaryl/α,β-unsaturated/α-hetero) is 1. The molecule has 0 radical (unpaired) electrons. The first kappa shape index (κ1) is 20.3. The number of esters is 1. The van der Waals surface area contributed by atoms with Crippen molar-refractivity contribution in [2.24, 2.45) is 5.92 Å². The van der Waals surface area contributed by atoms with Crippen molar-refractivity contribution < 1.29 is 23.5 Å². The summed E-state index contributed by atoms with van der Waals surface area (Å²) in [6.45, 7) is 5.03. The summed E-state index contributed by atoms with van der Waals surface area (Å²) >= 11 is 0. The molecule has 2 aromatic rings. The Hall–Kier alpha value is -3.02. The maximum atomic E-state index is 13.6. The third-order valence-electron chi connectivity index (χ3n) is 3.93. The number of benzene rings is 2. The molecule has 1 atom stereocenters. The lowest BCUT2D eigenvalue weighted by Crippen LogP contribution is -2.25. The molecule has 0 bridgehead atoms. The van der Waals surface area contributed by atoms with Crippen LogP contribution in [0.1, 0.15) is 36.7 Å². The number of rotatable bonds is 7. The molecule has 0 aromatic heterocycles. The fourth-order valence-corrected chi connectivity index (χ4v) is 2.33. The quantitative estimate of drug-likeness (QED) is 0.594. The van der Waals surface area contributed by atoms with Crippen LogP contribution in [0.4, 0.5) is 10.1 Å². The highest BCUT2D eigenvalue weighted by Gasteiger charge is 2.20. The van der Waals surface area contributed by atoms with E-state index in [1.165, 1.54) is 25.1 Å². The lowest BCUT2D eigenvalue weighted by atomic mass is 10.1. The van der Waals surface area contributed by atoms with E-state index in [1.54, 1.807) is 44.2 Å². The first-order valence-electron chi connectivity index (χ1n) is 8.66. The zero-order valence-corrected chi connectivity index (χ0v) is 15.5. The number of carbonyl (C=O) groups excluding carboxylic acids is 3. The zero-order chi connectivity index (χ0) is 20.0. The smallest absolute Gasteiger partial charge is 0.311 e. The normalized spacial score (nSPS) is 11.7. The van der Waals surface area contributed by atoms with Crippen molar-refractivity contribution in [3.8, 4) is 0 Å². The standard InChI is InChI=1S/C21H22FNO4/c1-13(2)21(26)23-17-10-8-15(9-11-17)20(25)14(3)27-19(24)12-16-6-4-5-7-18(16)22/h4-11,13-14H,12H2,1-3H3,(H,23,26). The Bertz CT molecular complexity index is 830. The van der Waals surface area contributed by atoms with E-state index in [1.807, 2.05) is 0 Å². The number of ether oxygens (including phenoxy) is 1. The average Bonchev–Trinajstić information content (AvgIpc) is 2.63. The van der Waals surface area contributed by atoms with E-state index in [2.05, 4.69) is 5.32 Å². The molecule has 1 N–H and O–H groups in total. The molecule has 27 heavy (non-hydrogen) atoms. The van der Waals surface area contributed by atoms with Gasteiger partial charge < -0.3 is 10.1 Å². The Morgan fingerprint density at radius 3 is 2.22 bits per heavy atom. The first-order valence-corrected chi connectivity index (χ1v) is 8.66. The summed E-state index contributed by atoms with van der Waals surface area (Å²) < 4.78 is 18.7. The van der Waals surface area contributed by atoms with E-state index >= 15 is 0 Å². The van der Waals surface area contributed by atoms with Crippen LogP contribution in [0.2, 0.25) is 0 Å². The minimum absolute atomic E-state index is 0.121. The molecule has 6 heteroatoms. The molecule has 1 unspecified atom stereocenters. The first-order chi connectivity index (χ1) is 12.8. The van der Waals surface area contributed by atoms with Crippen LogP contribution in [0.3, 0.4) is 0 Å². The number of amides is 1. The zero-order valence-electron chi connectivity index (χ0n) is 15.5. The Balaban J connectivity index is 1.95. The molecule has 5 nitrogen and oxygen atoms in total. The van der Waals surface area contributed by atoms with Crippen molar-refractivity contribution in [1.82, 2.24) is 0 Å². The number of halogens is 1. The average molecular weight is 371 g/mol. The summed E-state index contributed by atoms with van der Waals surface area (Å²) in [5, 5.41) is 2.73. The summed E-state index contributed by atoms with van der Waals surface area (Å²) in [5.41, 5.74) is 1.14. The second-order valence-corrected chi connectivity index (χ2v) is 6.49. The highest BCUT2D eigenvalue weighted by Crippen LogP contribution is 2.14. The Labute approximate surface area is 157 Å². The SMILES string of the molecule is CC(C)C(=O)Nc1ccc(C(=O)C(C)OC(=O)Cc2ccccc2F)cc1. The van der Waals surface area contributed by atoms with Gasteiger partial charge in [-0.15, -0.1) is 0 Å². The molecule has 0 aliphatic carbocycles. The number of hydrogen-bond donors (Lipinski definition) is 1. The third kappa shape index (κ3) is 5.74. The molecule has 0 aliphatic rings. The minimum Gasteiger partial charge on any atom is -0.454 e. The molecule has 0 spiro atoms. The maximum absolute atomic E-state index is 13.6. The summed E-state index contributed by atoms with van der Waals surface area (Å²) in [5.74, 6) is -1.82. The van der Waals surface area contributed by atoms with Crippen LogP contribution in [-0.4, -0.2) is 23.8 Å². The molecule has 1 amide bonds. The van der Waals surface area contributed by atoms with Gasteiger partial charge in [-0.05, 0) is 42.8 Å². The van der Waals surface area contributed by atoms with Gasteiger partial charge in [0.05, 0.1) is 6.42 Å². The maximum Gasteiger partial charge on any atom is 0.311 e. The molecular weight excluding hydrogens is 349 g/mol. The number of anilines is 1. The highest BCUT2D eigenvalue weighted by molar-refractivity contribution is 6.01. The van der Waals surface area contributed by atoms with Gasteiger partial charge in [0.15, 0.2) is 6.10 Å². The van der Waals surface area contributed by atoms with Crippen LogP contribution < -0.4 is 5.32 Å². The summed E-state index contributed by atoms with van der Waals surface area (Å²) in [7, 11) is 0. The molecule has 0 fully saturated rings. The molecule has 2 aromatic carbocycles. The predicted molar refractivity (Wildman–Crippen MR) is 99.9 cm³/mol. The van der Waals surface area contributed by atoms with Gasteiger partial charge in [-0.25, -0.2) is 4.39 Å². The minimum atomic E-state index is -1.000. The second kappa shape index (κ2) is 9.07. The van der Waals surface area contributed by atoms with E-state index in [-0.39, 0.29) is 29.6 Å². The van der Waals surface area contributed by atoms with Gasteiger partial charge in [0.25, 0.3) is 0 Å². The van der Waals surface area contributed by atoms with Gasteiger partial charge in [-0.1, -0.05) is 32.0 Å². The molecule has 0 heterocycles. The highest BCUT2D eigenvalue weighted by atomic mass is 19.1. The van der Waals surface area contributed by atoms with Gasteiger partial charge in [-0.2, -0.15) is 0 Å². The van der Waals surface area contributed by atoms with E-state index < -0.39 is 17.9 Å². The largest absolute Gasteiger partial charge is 0.454 e. The van der Waals surface area contributed by atoms with Gasteiger partial charge in [0, 0.05) is 17.2 Å². The molecular formula is C21H22FNO4. The van der Waals surface area contributed by atoms with E-state index in [0.717, 1.165) is 0 Å². The van der Waals surface area contributed by atoms with Crippen molar-refractivity contribution in [2.75, 3.05) is 5.32 Å². The third-order valence-corrected chi connectivity index (χ3v) is 3.93. The van der Waals surface area contributed by atoms with Gasteiger partial charge >= 0.3 is 5.97 Å². The number of carbonyl (C=O) groups is 3. The van der Waals surface area contributed by atoms with Crippen molar-refractivity contribution >= 4 is 23.3 Å². The molecule has 0 saturated carbocycles.